The highest BCUT2D eigenvalue weighted by Gasteiger charge is 2.35. The van der Waals surface area contributed by atoms with Crippen LogP contribution in [-0.4, -0.2) is 47.1 Å². The van der Waals surface area contributed by atoms with Crippen molar-refractivity contribution in [1.82, 2.24) is 10.2 Å². The first-order valence-electron chi connectivity index (χ1n) is 7.08. The standard InChI is InChI=1S/C14H28N2S/c1-11(2)13-8-15-14(3,4)10-16(13)9-12-6-5-7-17-12/h11-13,15H,5-10H2,1-4H3. The number of hydrogen-bond donors (Lipinski definition) is 1. The van der Waals surface area contributed by atoms with Crippen molar-refractivity contribution in [3.05, 3.63) is 0 Å². The highest BCUT2D eigenvalue weighted by atomic mass is 32.2. The third-order valence-electron chi connectivity index (χ3n) is 4.09. The van der Waals surface area contributed by atoms with E-state index in [1.807, 2.05) is 0 Å². The van der Waals surface area contributed by atoms with E-state index in [1.54, 1.807) is 0 Å². The largest absolute Gasteiger partial charge is 0.309 e. The molecule has 0 spiro atoms. The Morgan fingerprint density at radius 2 is 2.18 bits per heavy atom. The lowest BCUT2D eigenvalue weighted by Crippen LogP contribution is -2.63. The molecule has 2 unspecified atom stereocenters. The lowest BCUT2D eigenvalue weighted by molar-refractivity contribution is 0.0697. The summed E-state index contributed by atoms with van der Waals surface area (Å²) in [4.78, 5) is 2.75. The second-order valence-electron chi connectivity index (χ2n) is 6.64. The molecule has 0 radical (unpaired) electrons. The zero-order valence-corrected chi connectivity index (χ0v) is 12.6. The molecule has 2 atom stereocenters. The summed E-state index contributed by atoms with van der Waals surface area (Å²) in [5, 5.41) is 4.59. The van der Waals surface area contributed by atoms with Crippen LogP contribution in [0.5, 0.6) is 0 Å². The summed E-state index contributed by atoms with van der Waals surface area (Å²) in [6, 6.07) is 0.726. The van der Waals surface area contributed by atoms with Crippen molar-refractivity contribution in [2.45, 2.75) is 57.4 Å². The van der Waals surface area contributed by atoms with Gasteiger partial charge in [0.15, 0.2) is 0 Å². The molecule has 100 valence electrons. The van der Waals surface area contributed by atoms with Crippen molar-refractivity contribution in [3.63, 3.8) is 0 Å². The predicted molar refractivity (Wildman–Crippen MR) is 77.8 cm³/mol. The minimum atomic E-state index is 0.286. The van der Waals surface area contributed by atoms with Crippen LogP contribution in [0.15, 0.2) is 0 Å². The highest BCUT2D eigenvalue weighted by Crippen LogP contribution is 2.29. The quantitative estimate of drug-likeness (QED) is 0.835. The Morgan fingerprint density at radius 1 is 1.41 bits per heavy atom. The van der Waals surface area contributed by atoms with Gasteiger partial charge in [0, 0.05) is 36.5 Å². The minimum Gasteiger partial charge on any atom is -0.309 e. The third kappa shape index (κ3) is 3.62. The fourth-order valence-corrected chi connectivity index (χ4v) is 4.39. The molecule has 2 fully saturated rings. The van der Waals surface area contributed by atoms with Crippen LogP contribution in [-0.2, 0) is 0 Å². The molecule has 17 heavy (non-hydrogen) atoms. The Hall–Kier alpha value is 0.270. The van der Waals surface area contributed by atoms with Gasteiger partial charge in [-0.1, -0.05) is 13.8 Å². The van der Waals surface area contributed by atoms with Gasteiger partial charge in [-0.15, -0.1) is 0 Å². The van der Waals surface area contributed by atoms with Crippen molar-refractivity contribution in [3.8, 4) is 0 Å². The van der Waals surface area contributed by atoms with Crippen molar-refractivity contribution in [2.24, 2.45) is 5.92 Å². The molecule has 0 aliphatic carbocycles. The average molecular weight is 256 g/mol. The smallest absolute Gasteiger partial charge is 0.0252 e. The number of hydrogen-bond acceptors (Lipinski definition) is 3. The summed E-state index contributed by atoms with van der Waals surface area (Å²) in [6.45, 7) is 13.0. The molecule has 0 aromatic heterocycles. The van der Waals surface area contributed by atoms with Crippen LogP contribution in [0.1, 0.15) is 40.5 Å². The van der Waals surface area contributed by atoms with Crippen molar-refractivity contribution >= 4 is 11.8 Å². The van der Waals surface area contributed by atoms with Crippen molar-refractivity contribution in [2.75, 3.05) is 25.4 Å². The summed E-state index contributed by atoms with van der Waals surface area (Å²) in [5.41, 5.74) is 0.286. The second kappa shape index (κ2) is 5.50. The molecular formula is C14H28N2S. The monoisotopic (exact) mass is 256 g/mol. The van der Waals surface area contributed by atoms with Crippen LogP contribution in [0.3, 0.4) is 0 Å². The van der Waals surface area contributed by atoms with E-state index in [2.05, 4.69) is 49.7 Å². The molecule has 0 aromatic rings. The maximum atomic E-state index is 3.70. The van der Waals surface area contributed by atoms with Gasteiger partial charge < -0.3 is 5.32 Å². The van der Waals surface area contributed by atoms with Crippen LogP contribution in [0.2, 0.25) is 0 Å². The van der Waals surface area contributed by atoms with Gasteiger partial charge in [-0.25, -0.2) is 0 Å². The zero-order valence-electron chi connectivity index (χ0n) is 11.8. The van der Waals surface area contributed by atoms with Crippen LogP contribution in [0, 0.1) is 5.92 Å². The maximum absolute atomic E-state index is 3.70. The van der Waals surface area contributed by atoms with Gasteiger partial charge in [-0.3, -0.25) is 4.90 Å². The number of rotatable bonds is 3. The highest BCUT2D eigenvalue weighted by molar-refractivity contribution is 8.00. The van der Waals surface area contributed by atoms with Crippen LogP contribution in [0.25, 0.3) is 0 Å². The van der Waals surface area contributed by atoms with E-state index in [0.29, 0.717) is 0 Å². The first-order chi connectivity index (χ1) is 7.98. The number of piperazine rings is 1. The molecule has 2 heterocycles. The minimum absolute atomic E-state index is 0.286. The van der Waals surface area contributed by atoms with E-state index in [1.165, 1.54) is 31.7 Å². The molecule has 0 bridgehead atoms. The van der Waals surface area contributed by atoms with Crippen LogP contribution < -0.4 is 5.32 Å². The first kappa shape index (κ1) is 13.7. The molecule has 0 amide bonds. The third-order valence-corrected chi connectivity index (χ3v) is 5.47. The first-order valence-corrected chi connectivity index (χ1v) is 8.13. The molecule has 2 aliphatic rings. The van der Waals surface area contributed by atoms with Crippen LogP contribution >= 0.6 is 11.8 Å². The molecule has 2 saturated heterocycles. The average Bonchev–Trinajstić information content (AvgIpc) is 2.68. The Balaban J connectivity index is 1.97. The predicted octanol–water partition coefficient (Wildman–Crippen LogP) is 2.59. The molecule has 2 rings (SSSR count). The van der Waals surface area contributed by atoms with Gasteiger partial charge in [0.2, 0.25) is 0 Å². The summed E-state index contributed by atoms with van der Waals surface area (Å²) < 4.78 is 0. The summed E-state index contributed by atoms with van der Waals surface area (Å²) >= 11 is 2.19. The van der Waals surface area contributed by atoms with E-state index in [4.69, 9.17) is 0 Å². The van der Waals surface area contributed by atoms with E-state index in [0.717, 1.165) is 23.8 Å². The van der Waals surface area contributed by atoms with Gasteiger partial charge >= 0.3 is 0 Å². The van der Waals surface area contributed by atoms with Gasteiger partial charge in [0.05, 0.1) is 0 Å². The molecular weight excluding hydrogens is 228 g/mol. The van der Waals surface area contributed by atoms with E-state index in [9.17, 15) is 0 Å². The van der Waals surface area contributed by atoms with E-state index in [-0.39, 0.29) is 5.54 Å². The number of nitrogens with zero attached hydrogens (tertiary/aromatic N) is 1. The fourth-order valence-electron chi connectivity index (χ4n) is 3.10. The Labute approximate surface area is 111 Å². The maximum Gasteiger partial charge on any atom is 0.0252 e. The summed E-state index contributed by atoms with van der Waals surface area (Å²) in [6.07, 6.45) is 2.86. The lowest BCUT2D eigenvalue weighted by atomic mass is 9.93. The molecule has 0 aromatic carbocycles. The van der Waals surface area contributed by atoms with Crippen molar-refractivity contribution < 1.29 is 0 Å². The van der Waals surface area contributed by atoms with E-state index < -0.39 is 0 Å². The van der Waals surface area contributed by atoms with E-state index >= 15 is 0 Å². The van der Waals surface area contributed by atoms with Gasteiger partial charge in [0.1, 0.15) is 0 Å². The summed E-state index contributed by atoms with van der Waals surface area (Å²) in [5.74, 6) is 2.14. The number of nitrogens with one attached hydrogen (secondary N) is 1. The van der Waals surface area contributed by atoms with Crippen molar-refractivity contribution in [1.29, 1.82) is 0 Å². The summed E-state index contributed by atoms with van der Waals surface area (Å²) in [7, 11) is 0. The normalized spacial score (nSPS) is 34.4. The number of thioether (sulfide) groups is 1. The Morgan fingerprint density at radius 3 is 2.76 bits per heavy atom. The van der Waals surface area contributed by atoms with Crippen LogP contribution in [0.4, 0.5) is 0 Å². The Kier molecular flexibility index (Phi) is 4.43. The molecule has 1 N–H and O–H groups in total. The lowest BCUT2D eigenvalue weighted by Gasteiger charge is -2.47. The SMILES string of the molecule is CC(C)C1CNC(C)(C)CN1CC1CCCS1. The second-order valence-corrected chi connectivity index (χ2v) is 8.05. The Bertz CT molecular complexity index is 247. The van der Waals surface area contributed by atoms with Gasteiger partial charge in [0.25, 0.3) is 0 Å². The topological polar surface area (TPSA) is 15.3 Å². The molecule has 3 heteroatoms. The molecule has 2 aliphatic heterocycles. The van der Waals surface area contributed by atoms with Gasteiger partial charge in [-0.05, 0) is 38.4 Å². The molecule has 0 saturated carbocycles. The van der Waals surface area contributed by atoms with Gasteiger partial charge in [-0.2, -0.15) is 11.8 Å². The fraction of sp³-hybridized carbons (Fsp3) is 1.00. The molecule has 2 nitrogen and oxygen atoms in total. The zero-order chi connectivity index (χ0) is 12.5.